The standard InChI is InChI=1S/C19H36O4Si/c1-8-11-16-17(12-10-13-21-16)23-18(15(20)9-2)14-22-24(6,7)19(3,4)5/h8-9,15-18,20H,1-2,10-14H2,3-7H3/t15-,16+,17-,18+/m0/s1. The van der Waals surface area contributed by atoms with E-state index in [-0.39, 0.29) is 17.2 Å². The fourth-order valence-electron chi connectivity index (χ4n) is 2.45. The van der Waals surface area contributed by atoms with Crippen LogP contribution in [0.15, 0.2) is 25.3 Å². The normalized spacial score (nSPS) is 25.1. The molecule has 0 aromatic carbocycles. The smallest absolute Gasteiger partial charge is 0.192 e. The minimum absolute atomic E-state index is 0.00337. The molecule has 0 radical (unpaired) electrons. The summed E-state index contributed by atoms with van der Waals surface area (Å²) in [4.78, 5) is 0. The molecule has 24 heavy (non-hydrogen) atoms. The summed E-state index contributed by atoms with van der Waals surface area (Å²) < 4.78 is 18.3. The quantitative estimate of drug-likeness (QED) is 0.500. The van der Waals surface area contributed by atoms with E-state index in [1.807, 2.05) is 6.08 Å². The molecule has 1 N–H and O–H groups in total. The van der Waals surface area contributed by atoms with Gasteiger partial charge in [-0.15, -0.1) is 13.2 Å². The first kappa shape index (κ1) is 21.6. The molecule has 1 fully saturated rings. The van der Waals surface area contributed by atoms with Gasteiger partial charge < -0.3 is 19.0 Å². The fourth-order valence-corrected chi connectivity index (χ4v) is 3.47. The molecular weight excluding hydrogens is 320 g/mol. The summed E-state index contributed by atoms with van der Waals surface area (Å²) in [5, 5.41) is 10.4. The van der Waals surface area contributed by atoms with Gasteiger partial charge >= 0.3 is 0 Å². The maximum absolute atomic E-state index is 10.3. The van der Waals surface area contributed by atoms with E-state index in [1.54, 1.807) is 0 Å². The second kappa shape index (κ2) is 9.29. The molecule has 140 valence electrons. The highest BCUT2D eigenvalue weighted by atomic mass is 28.4. The zero-order valence-electron chi connectivity index (χ0n) is 16.1. The molecule has 0 amide bonds. The highest BCUT2D eigenvalue weighted by Crippen LogP contribution is 2.37. The van der Waals surface area contributed by atoms with Gasteiger partial charge in [0.25, 0.3) is 0 Å². The van der Waals surface area contributed by atoms with Crippen LogP contribution in [-0.4, -0.2) is 51.1 Å². The molecule has 0 aromatic heterocycles. The Balaban J connectivity index is 2.74. The van der Waals surface area contributed by atoms with Gasteiger partial charge in [-0.05, 0) is 37.4 Å². The molecular formula is C19H36O4Si. The predicted molar refractivity (Wildman–Crippen MR) is 102 cm³/mol. The minimum Gasteiger partial charge on any atom is -0.414 e. The van der Waals surface area contributed by atoms with Gasteiger partial charge in [0.05, 0.1) is 18.8 Å². The molecule has 5 heteroatoms. The molecule has 1 heterocycles. The van der Waals surface area contributed by atoms with Crippen molar-refractivity contribution in [2.24, 2.45) is 0 Å². The number of aliphatic hydroxyl groups is 1. The summed E-state index contributed by atoms with van der Waals surface area (Å²) in [5.41, 5.74) is 0. The van der Waals surface area contributed by atoms with Gasteiger partial charge in [-0.1, -0.05) is 32.9 Å². The summed E-state index contributed by atoms with van der Waals surface area (Å²) in [5.74, 6) is 0. The third-order valence-corrected chi connectivity index (χ3v) is 9.67. The molecule has 0 saturated carbocycles. The van der Waals surface area contributed by atoms with Crippen molar-refractivity contribution < 1.29 is 19.0 Å². The lowest BCUT2D eigenvalue weighted by Gasteiger charge is -2.39. The Morgan fingerprint density at radius 2 is 2.00 bits per heavy atom. The van der Waals surface area contributed by atoms with Crippen LogP contribution in [0.4, 0.5) is 0 Å². The van der Waals surface area contributed by atoms with Crippen LogP contribution in [-0.2, 0) is 13.9 Å². The van der Waals surface area contributed by atoms with Crippen LogP contribution in [0.5, 0.6) is 0 Å². The summed E-state index contributed by atoms with van der Waals surface area (Å²) in [7, 11) is -1.90. The maximum atomic E-state index is 10.3. The van der Waals surface area contributed by atoms with Gasteiger partial charge in [-0.2, -0.15) is 0 Å². The number of rotatable bonds is 9. The lowest BCUT2D eigenvalue weighted by Crippen LogP contribution is -2.47. The maximum Gasteiger partial charge on any atom is 0.192 e. The van der Waals surface area contributed by atoms with Crippen molar-refractivity contribution in [2.75, 3.05) is 13.2 Å². The molecule has 0 spiro atoms. The van der Waals surface area contributed by atoms with Crippen molar-refractivity contribution in [3.8, 4) is 0 Å². The Hall–Kier alpha value is -0.463. The fraction of sp³-hybridized carbons (Fsp3) is 0.789. The van der Waals surface area contributed by atoms with E-state index in [9.17, 15) is 5.11 Å². The topological polar surface area (TPSA) is 47.9 Å². The summed E-state index contributed by atoms with van der Waals surface area (Å²) in [6, 6.07) is 0. The highest BCUT2D eigenvalue weighted by Gasteiger charge is 2.39. The molecule has 1 rings (SSSR count). The lowest BCUT2D eigenvalue weighted by molar-refractivity contribution is -0.153. The van der Waals surface area contributed by atoms with Gasteiger partial charge in [0.2, 0.25) is 0 Å². The monoisotopic (exact) mass is 356 g/mol. The second-order valence-corrected chi connectivity index (χ2v) is 12.9. The summed E-state index contributed by atoms with van der Waals surface area (Å²) >= 11 is 0. The molecule has 0 unspecified atom stereocenters. The van der Waals surface area contributed by atoms with E-state index in [0.29, 0.717) is 6.61 Å². The molecule has 0 bridgehead atoms. The zero-order chi connectivity index (χ0) is 18.4. The molecule has 1 saturated heterocycles. The number of hydrogen-bond acceptors (Lipinski definition) is 4. The van der Waals surface area contributed by atoms with Crippen molar-refractivity contribution in [1.82, 2.24) is 0 Å². The molecule has 4 atom stereocenters. The third-order valence-electron chi connectivity index (χ3n) is 5.17. The second-order valence-electron chi connectivity index (χ2n) is 8.09. The van der Waals surface area contributed by atoms with Crippen LogP contribution in [0.2, 0.25) is 18.1 Å². The van der Waals surface area contributed by atoms with E-state index in [4.69, 9.17) is 13.9 Å². The van der Waals surface area contributed by atoms with Crippen LogP contribution in [0.1, 0.15) is 40.0 Å². The Morgan fingerprint density at radius 1 is 1.33 bits per heavy atom. The van der Waals surface area contributed by atoms with E-state index in [1.165, 1.54) is 6.08 Å². The minimum atomic E-state index is -1.90. The SMILES string of the molecule is C=CC[C@H]1OCCC[C@@H]1O[C@H](CO[Si](C)(C)C(C)(C)C)[C@@H](O)C=C. The number of hydrogen-bond donors (Lipinski definition) is 1. The van der Waals surface area contributed by atoms with Crippen molar-refractivity contribution in [2.45, 2.75) is 82.6 Å². The molecule has 1 aliphatic rings. The Kier molecular flexibility index (Phi) is 8.36. The average Bonchev–Trinajstić information content (AvgIpc) is 2.51. The van der Waals surface area contributed by atoms with Crippen LogP contribution in [0.3, 0.4) is 0 Å². The first-order valence-electron chi connectivity index (χ1n) is 8.95. The average molecular weight is 357 g/mol. The molecule has 4 nitrogen and oxygen atoms in total. The lowest BCUT2D eigenvalue weighted by atomic mass is 10.0. The summed E-state index contributed by atoms with van der Waals surface area (Å²) in [6.45, 7) is 19.6. The van der Waals surface area contributed by atoms with E-state index in [2.05, 4.69) is 47.0 Å². The van der Waals surface area contributed by atoms with E-state index < -0.39 is 20.5 Å². The first-order valence-corrected chi connectivity index (χ1v) is 11.9. The third kappa shape index (κ3) is 6.12. The number of aliphatic hydroxyl groups excluding tert-OH is 1. The van der Waals surface area contributed by atoms with Crippen molar-refractivity contribution in [3.05, 3.63) is 25.3 Å². The van der Waals surface area contributed by atoms with Gasteiger partial charge in [0.1, 0.15) is 12.2 Å². The van der Waals surface area contributed by atoms with Gasteiger partial charge in [0.15, 0.2) is 8.32 Å². The van der Waals surface area contributed by atoms with E-state index in [0.717, 1.165) is 25.9 Å². The Labute approximate surface area is 149 Å². The summed E-state index contributed by atoms with van der Waals surface area (Å²) in [6.07, 6.45) is 4.82. The Morgan fingerprint density at radius 3 is 2.54 bits per heavy atom. The van der Waals surface area contributed by atoms with Crippen LogP contribution >= 0.6 is 0 Å². The van der Waals surface area contributed by atoms with Crippen LogP contribution in [0.25, 0.3) is 0 Å². The molecule has 1 aliphatic heterocycles. The van der Waals surface area contributed by atoms with Crippen molar-refractivity contribution in [3.63, 3.8) is 0 Å². The molecule has 0 aliphatic carbocycles. The highest BCUT2D eigenvalue weighted by molar-refractivity contribution is 6.74. The Bertz CT molecular complexity index is 403. The van der Waals surface area contributed by atoms with E-state index >= 15 is 0 Å². The van der Waals surface area contributed by atoms with Gasteiger partial charge in [-0.3, -0.25) is 0 Å². The predicted octanol–water partition coefficient (Wildman–Crippen LogP) is 4.06. The largest absolute Gasteiger partial charge is 0.414 e. The molecule has 0 aromatic rings. The zero-order valence-corrected chi connectivity index (χ0v) is 17.1. The van der Waals surface area contributed by atoms with Crippen LogP contribution in [0, 0.1) is 0 Å². The first-order chi connectivity index (χ1) is 11.1. The van der Waals surface area contributed by atoms with Crippen molar-refractivity contribution >= 4 is 8.32 Å². The van der Waals surface area contributed by atoms with Gasteiger partial charge in [0, 0.05) is 6.61 Å². The van der Waals surface area contributed by atoms with Gasteiger partial charge in [-0.25, -0.2) is 0 Å². The number of ether oxygens (including phenoxy) is 2. The van der Waals surface area contributed by atoms with Crippen molar-refractivity contribution in [1.29, 1.82) is 0 Å². The van der Waals surface area contributed by atoms with Crippen LogP contribution < -0.4 is 0 Å².